The number of ketones is 1. The molecule has 1 saturated carbocycles. The fourth-order valence-electron chi connectivity index (χ4n) is 2.02. The molecule has 0 heterocycles. The van der Waals surface area contributed by atoms with E-state index in [0.717, 1.165) is 0 Å². The summed E-state index contributed by atoms with van der Waals surface area (Å²) in [5.74, 6) is 0.105. The molecule has 3 heteroatoms. The second-order valence-electron chi connectivity index (χ2n) is 3.80. The Morgan fingerprint density at radius 2 is 2.47 bits per heavy atom. The third kappa shape index (κ3) is 1.69. The third-order valence-corrected chi connectivity index (χ3v) is 2.94. The second kappa shape index (κ2) is 4.11. The summed E-state index contributed by atoms with van der Waals surface area (Å²) in [6.07, 6.45) is 3.14. The molecule has 0 N–H and O–H groups in total. The van der Waals surface area contributed by atoms with E-state index in [1.807, 2.05) is 6.07 Å². The summed E-state index contributed by atoms with van der Waals surface area (Å²) >= 11 is 0. The predicted molar refractivity (Wildman–Crippen MR) is 56.4 cm³/mol. The first-order valence-corrected chi connectivity index (χ1v) is 4.75. The van der Waals surface area contributed by atoms with Crippen LogP contribution in [0.1, 0.15) is 26.2 Å². The van der Waals surface area contributed by atoms with Crippen LogP contribution in [0.3, 0.4) is 0 Å². The van der Waals surface area contributed by atoms with Gasteiger partial charge in [0.2, 0.25) is 0 Å². The average molecular weight is 200 g/mol. The number of nitriles is 1. The van der Waals surface area contributed by atoms with Crippen molar-refractivity contribution in [3.8, 4) is 6.07 Å². The monoisotopic (exact) mass is 200 g/mol. The molecule has 1 aliphatic rings. The molecular weight excluding hydrogens is 188 g/mol. The smallest absolute Gasteiger partial charge is 0.262 e. The molecule has 0 saturated heterocycles. The maximum Gasteiger partial charge on any atom is 0.262 e. The Bertz CT molecular complexity index is 404. The van der Waals surface area contributed by atoms with Crippen LogP contribution in [0, 0.1) is 23.3 Å². The van der Waals surface area contributed by atoms with Crippen molar-refractivity contribution >= 4 is 5.78 Å². The van der Waals surface area contributed by atoms with Crippen molar-refractivity contribution in [1.29, 1.82) is 5.26 Å². The molecule has 0 aromatic carbocycles. The summed E-state index contributed by atoms with van der Waals surface area (Å²) in [5.41, 5.74) is 0.0901. The lowest BCUT2D eigenvalue weighted by Crippen LogP contribution is -2.23. The zero-order valence-corrected chi connectivity index (χ0v) is 8.71. The maximum absolute atomic E-state index is 11.7. The van der Waals surface area contributed by atoms with Gasteiger partial charge in [-0.05, 0) is 25.3 Å². The van der Waals surface area contributed by atoms with Crippen LogP contribution in [-0.2, 0) is 4.79 Å². The van der Waals surface area contributed by atoms with Gasteiger partial charge in [-0.25, -0.2) is 10.1 Å². The van der Waals surface area contributed by atoms with E-state index < -0.39 is 5.41 Å². The Balaban J connectivity index is 3.29. The van der Waals surface area contributed by atoms with Crippen LogP contribution >= 0.6 is 0 Å². The first-order chi connectivity index (χ1) is 7.10. The Labute approximate surface area is 89.5 Å². The zero-order valence-electron chi connectivity index (χ0n) is 8.71. The summed E-state index contributed by atoms with van der Waals surface area (Å²) in [5, 5.41) is 8.81. The molecule has 0 bridgehead atoms. The molecule has 0 aromatic heterocycles. The van der Waals surface area contributed by atoms with E-state index in [2.05, 4.69) is 11.4 Å². The van der Waals surface area contributed by atoms with E-state index in [9.17, 15) is 4.79 Å². The van der Waals surface area contributed by atoms with E-state index in [1.54, 1.807) is 13.0 Å². The fourth-order valence-corrected chi connectivity index (χ4v) is 2.02. The molecule has 1 unspecified atom stereocenters. The van der Waals surface area contributed by atoms with Crippen molar-refractivity contribution in [2.75, 3.05) is 0 Å². The van der Waals surface area contributed by atoms with Crippen LogP contribution in [0.5, 0.6) is 0 Å². The van der Waals surface area contributed by atoms with Crippen molar-refractivity contribution in [2.24, 2.45) is 5.41 Å². The minimum atomic E-state index is -0.669. The highest BCUT2D eigenvalue weighted by Gasteiger charge is 2.42. The highest BCUT2D eigenvalue weighted by atomic mass is 16.1. The van der Waals surface area contributed by atoms with Gasteiger partial charge in [0.15, 0.2) is 0 Å². The Morgan fingerprint density at radius 3 is 2.93 bits per heavy atom. The van der Waals surface area contributed by atoms with E-state index in [0.29, 0.717) is 24.8 Å². The van der Waals surface area contributed by atoms with Crippen LogP contribution in [0.25, 0.3) is 4.85 Å². The Hall–Kier alpha value is -1.87. The van der Waals surface area contributed by atoms with Gasteiger partial charge >= 0.3 is 0 Å². The van der Waals surface area contributed by atoms with Crippen molar-refractivity contribution in [3.05, 3.63) is 35.3 Å². The quantitative estimate of drug-likeness (QED) is 0.390. The number of Topliss-reactive ketones (excluding diaryl/α,β-unsaturated/α-hetero) is 1. The maximum atomic E-state index is 11.7. The fraction of sp³-hybridized carbons (Fsp3) is 0.417. The number of hydrogen-bond acceptors (Lipinski definition) is 2. The van der Waals surface area contributed by atoms with Crippen LogP contribution in [-0.4, -0.2) is 5.78 Å². The molecule has 0 radical (unpaired) electrons. The standard InChI is InChI=1S/C12H12N2O/c1-4-7-12(2)9(5-6-11(12)15)10(8-13)14-3/h4H,1,5-7H2,2H3/b10-9+. The highest BCUT2D eigenvalue weighted by molar-refractivity contribution is 5.91. The van der Waals surface area contributed by atoms with Gasteiger partial charge in [-0.2, -0.15) is 0 Å². The summed E-state index contributed by atoms with van der Waals surface area (Å²) in [4.78, 5) is 14.9. The van der Waals surface area contributed by atoms with Gasteiger partial charge in [0, 0.05) is 11.8 Å². The van der Waals surface area contributed by atoms with E-state index >= 15 is 0 Å². The van der Waals surface area contributed by atoms with Crippen molar-refractivity contribution in [1.82, 2.24) is 0 Å². The molecule has 15 heavy (non-hydrogen) atoms. The molecule has 3 nitrogen and oxygen atoms in total. The topological polar surface area (TPSA) is 45.2 Å². The molecule has 0 aliphatic heterocycles. The van der Waals surface area contributed by atoms with Gasteiger partial charge in [0.25, 0.3) is 5.70 Å². The number of carbonyl (C=O) groups excluding carboxylic acids is 1. The van der Waals surface area contributed by atoms with Crippen molar-refractivity contribution in [3.63, 3.8) is 0 Å². The normalized spacial score (nSPS) is 28.1. The van der Waals surface area contributed by atoms with Crippen LogP contribution in [0.15, 0.2) is 23.9 Å². The van der Waals surface area contributed by atoms with Gasteiger partial charge in [0.05, 0.1) is 12.6 Å². The highest BCUT2D eigenvalue weighted by Crippen LogP contribution is 2.44. The molecule has 0 aromatic rings. The number of hydrogen-bond donors (Lipinski definition) is 0. The lowest BCUT2D eigenvalue weighted by atomic mass is 9.79. The largest absolute Gasteiger partial charge is 0.299 e. The summed E-state index contributed by atoms with van der Waals surface area (Å²) in [6.45, 7) is 12.3. The third-order valence-electron chi connectivity index (χ3n) is 2.94. The average Bonchev–Trinajstić information content (AvgIpc) is 2.49. The Morgan fingerprint density at radius 1 is 1.80 bits per heavy atom. The SMILES string of the molecule is [C-]#[N+]/C(C#N)=C1\CCC(=O)C1(C)CC=C. The molecule has 76 valence electrons. The molecule has 0 spiro atoms. The van der Waals surface area contributed by atoms with Gasteiger partial charge in [-0.3, -0.25) is 4.79 Å². The van der Waals surface area contributed by atoms with E-state index in [1.165, 1.54) is 0 Å². The molecule has 1 fully saturated rings. The minimum Gasteiger partial charge on any atom is -0.299 e. The summed E-state index contributed by atoms with van der Waals surface area (Å²) < 4.78 is 0. The first kappa shape index (κ1) is 11.2. The van der Waals surface area contributed by atoms with Gasteiger partial charge in [0.1, 0.15) is 5.78 Å². The van der Waals surface area contributed by atoms with Crippen LogP contribution < -0.4 is 0 Å². The van der Waals surface area contributed by atoms with Crippen LogP contribution in [0.4, 0.5) is 0 Å². The molecule has 1 atom stereocenters. The lowest BCUT2D eigenvalue weighted by Gasteiger charge is -2.22. The number of rotatable bonds is 2. The van der Waals surface area contributed by atoms with Crippen molar-refractivity contribution < 1.29 is 4.79 Å². The molecule has 1 rings (SSSR count). The van der Waals surface area contributed by atoms with Crippen LogP contribution in [0.2, 0.25) is 0 Å². The van der Waals surface area contributed by atoms with E-state index in [-0.39, 0.29) is 11.5 Å². The van der Waals surface area contributed by atoms with Gasteiger partial charge in [-0.15, -0.1) is 6.58 Å². The van der Waals surface area contributed by atoms with Crippen molar-refractivity contribution in [2.45, 2.75) is 26.2 Å². The molecule has 0 amide bonds. The minimum absolute atomic E-state index is 0.0743. The number of nitrogens with zero attached hydrogens (tertiary/aromatic N) is 2. The first-order valence-electron chi connectivity index (χ1n) is 4.75. The lowest BCUT2D eigenvalue weighted by molar-refractivity contribution is -0.123. The number of carbonyl (C=O) groups is 1. The second-order valence-corrected chi connectivity index (χ2v) is 3.80. The van der Waals surface area contributed by atoms with E-state index in [4.69, 9.17) is 11.8 Å². The number of allylic oxidation sites excluding steroid dienone is 3. The summed E-state index contributed by atoms with van der Waals surface area (Å²) in [7, 11) is 0. The van der Waals surface area contributed by atoms with Gasteiger partial charge in [-0.1, -0.05) is 6.08 Å². The van der Waals surface area contributed by atoms with Gasteiger partial charge < -0.3 is 0 Å². The predicted octanol–water partition coefficient (Wildman–Crippen LogP) is 2.63. The Kier molecular flexibility index (Phi) is 3.07. The zero-order chi connectivity index (χ0) is 11.5. The summed E-state index contributed by atoms with van der Waals surface area (Å²) in [6, 6.07) is 1.87. The molecular formula is C12H12N2O. The molecule has 1 aliphatic carbocycles.